The number of phenols is 4. The largest absolute Gasteiger partial charge is 0.508 e. The molecule has 2 aromatic rings. The van der Waals surface area contributed by atoms with Crippen molar-refractivity contribution < 1.29 is 39.9 Å². The van der Waals surface area contributed by atoms with E-state index in [2.05, 4.69) is 18.6 Å². The number of esters is 1. The lowest BCUT2D eigenvalue weighted by atomic mass is 9.97. The first-order chi connectivity index (χ1) is 16.1. The number of ether oxygens (including phenoxy) is 1. The van der Waals surface area contributed by atoms with Crippen molar-refractivity contribution >= 4 is 11.9 Å². The number of aromatic hydroxyl groups is 4. The molecule has 0 unspecified atom stereocenters. The lowest BCUT2D eigenvalue weighted by Crippen LogP contribution is -2.06. The van der Waals surface area contributed by atoms with Gasteiger partial charge in [-0.3, -0.25) is 0 Å². The SMILES string of the molecule is CCCCCc1cc(O)c(C)c(O)c1C(=O)O.CCCCCc1cc(O)cc(O)c1C(=O)OC. The van der Waals surface area contributed by atoms with Gasteiger partial charge in [-0.05, 0) is 55.9 Å². The van der Waals surface area contributed by atoms with Crippen molar-refractivity contribution in [2.75, 3.05) is 7.11 Å². The molecule has 0 atom stereocenters. The Labute approximate surface area is 200 Å². The average molecular weight is 477 g/mol. The van der Waals surface area contributed by atoms with E-state index in [1.807, 2.05) is 0 Å². The number of methoxy groups -OCH3 is 1. The van der Waals surface area contributed by atoms with Crippen LogP contribution in [0.1, 0.15) is 89.8 Å². The Morgan fingerprint density at radius 3 is 1.79 bits per heavy atom. The minimum Gasteiger partial charge on any atom is -0.508 e. The molecule has 0 spiro atoms. The molecule has 0 saturated heterocycles. The number of carboxylic acid groups (broad SMARTS) is 1. The fourth-order valence-corrected chi connectivity index (χ4v) is 3.58. The van der Waals surface area contributed by atoms with Crippen LogP contribution < -0.4 is 0 Å². The van der Waals surface area contributed by atoms with E-state index >= 15 is 0 Å². The molecule has 2 aromatic carbocycles. The van der Waals surface area contributed by atoms with Crippen molar-refractivity contribution in [2.45, 2.75) is 72.1 Å². The summed E-state index contributed by atoms with van der Waals surface area (Å²) in [6.07, 6.45) is 7.08. The van der Waals surface area contributed by atoms with E-state index in [9.17, 15) is 30.0 Å². The van der Waals surface area contributed by atoms with Crippen molar-refractivity contribution in [2.24, 2.45) is 0 Å². The zero-order valence-electron chi connectivity index (χ0n) is 20.3. The number of carbonyl (C=O) groups is 2. The third kappa shape index (κ3) is 7.86. The molecule has 0 fully saturated rings. The highest BCUT2D eigenvalue weighted by molar-refractivity contribution is 5.94. The van der Waals surface area contributed by atoms with Gasteiger partial charge in [0.2, 0.25) is 0 Å². The minimum atomic E-state index is -1.16. The van der Waals surface area contributed by atoms with Crippen molar-refractivity contribution in [3.8, 4) is 23.0 Å². The van der Waals surface area contributed by atoms with E-state index < -0.39 is 11.9 Å². The number of benzene rings is 2. The zero-order valence-corrected chi connectivity index (χ0v) is 20.3. The number of hydrogen-bond donors (Lipinski definition) is 5. The van der Waals surface area contributed by atoms with Crippen LogP contribution in [-0.2, 0) is 17.6 Å². The van der Waals surface area contributed by atoms with E-state index in [0.29, 0.717) is 24.0 Å². The highest BCUT2D eigenvalue weighted by Gasteiger charge is 2.20. The van der Waals surface area contributed by atoms with Crippen LogP contribution in [0.3, 0.4) is 0 Å². The standard InChI is InChI=1S/2C13H18O4/c1-3-4-5-6-9-7-10(14)8-11(15)12(9)13(16)17-2;1-3-4-5-6-9-7-10(14)8(2)12(15)11(9)13(16)17/h7-8,14-15H,3-6H2,1-2H3;7,14-15H,3-6H2,1-2H3,(H,16,17). The van der Waals surface area contributed by atoms with Crippen molar-refractivity contribution in [3.63, 3.8) is 0 Å². The second-order valence-corrected chi connectivity index (χ2v) is 8.11. The van der Waals surface area contributed by atoms with Crippen LogP contribution in [0.15, 0.2) is 18.2 Å². The van der Waals surface area contributed by atoms with Gasteiger partial charge in [0.15, 0.2) is 0 Å². The van der Waals surface area contributed by atoms with Gasteiger partial charge in [0.25, 0.3) is 0 Å². The Hall–Kier alpha value is -3.42. The lowest BCUT2D eigenvalue weighted by Gasteiger charge is -2.11. The van der Waals surface area contributed by atoms with Crippen LogP contribution in [0.4, 0.5) is 0 Å². The highest BCUT2D eigenvalue weighted by atomic mass is 16.5. The Morgan fingerprint density at radius 2 is 1.32 bits per heavy atom. The van der Waals surface area contributed by atoms with Crippen LogP contribution in [0.2, 0.25) is 0 Å². The summed E-state index contributed by atoms with van der Waals surface area (Å²) >= 11 is 0. The number of aromatic carboxylic acids is 1. The van der Waals surface area contributed by atoms with Crippen LogP contribution in [0.25, 0.3) is 0 Å². The minimum absolute atomic E-state index is 0.0401. The second kappa shape index (κ2) is 14.0. The maximum atomic E-state index is 11.5. The Morgan fingerprint density at radius 1 is 0.794 bits per heavy atom. The van der Waals surface area contributed by atoms with Crippen molar-refractivity contribution in [1.82, 2.24) is 0 Å². The van der Waals surface area contributed by atoms with E-state index in [1.54, 1.807) is 0 Å². The van der Waals surface area contributed by atoms with Gasteiger partial charge in [-0.25, -0.2) is 9.59 Å². The first-order valence-corrected chi connectivity index (χ1v) is 11.5. The van der Waals surface area contributed by atoms with Gasteiger partial charge in [-0.1, -0.05) is 39.5 Å². The lowest BCUT2D eigenvalue weighted by molar-refractivity contribution is 0.0595. The number of carboxylic acids is 1. The molecule has 2 rings (SSSR count). The van der Waals surface area contributed by atoms with Crippen molar-refractivity contribution in [1.29, 1.82) is 0 Å². The number of phenolic OH excluding ortho intramolecular Hbond substituents is 3. The topological polar surface area (TPSA) is 145 Å². The summed E-state index contributed by atoms with van der Waals surface area (Å²) in [5, 5.41) is 47.5. The molecule has 34 heavy (non-hydrogen) atoms. The van der Waals surface area contributed by atoms with Gasteiger partial charge >= 0.3 is 11.9 Å². The average Bonchev–Trinajstić information content (AvgIpc) is 2.77. The fourth-order valence-electron chi connectivity index (χ4n) is 3.58. The molecule has 0 aliphatic heterocycles. The number of rotatable bonds is 10. The predicted octanol–water partition coefficient (Wildman–Crippen LogP) is 5.45. The number of carbonyl (C=O) groups excluding carboxylic acids is 1. The number of unbranched alkanes of at least 4 members (excludes halogenated alkanes) is 4. The predicted molar refractivity (Wildman–Crippen MR) is 129 cm³/mol. The van der Waals surface area contributed by atoms with Gasteiger partial charge in [-0.2, -0.15) is 0 Å². The summed E-state index contributed by atoms with van der Waals surface area (Å²) < 4.78 is 4.62. The summed E-state index contributed by atoms with van der Waals surface area (Å²) in [6, 6.07) is 4.09. The fraction of sp³-hybridized carbons (Fsp3) is 0.462. The summed E-state index contributed by atoms with van der Waals surface area (Å²) in [6.45, 7) is 5.64. The zero-order chi connectivity index (χ0) is 25.8. The summed E-state index contributed by atoms with van der Waals surface area (Å²) in [4.78, 5) is 22.6. The normalized spacial score (nSPS) is 10.4. The Balaban J connectivity index is 0.000000340. The molecule has 0 radical (unpaired) electrons. The van der Waals surface area contributed by atoms with Crippen LogP contribution in [0, 0.1) is 6.92 Å². The third-order valence-corrected chi connectivity index (χ3v) is 5.49. The Bertz CT molecular complexity index is 981. The quantitative estimate of drug-likeness (QED) is 0.225. The molecule has 5 N–H and O–H groups in total. The highest BCUT2D eigenvalue weighted by Crippen LogP contribution is 2.33. The summed E-state index contributed by atoms with van der Waals surface area (Å²) in [5.74, 6) is -2.39. The first kappa shape index (κ1) is 28.6. The van der Waals surface area contributed by atoms with E-state index in [-0.39, 0.29) is 39.7 Å². The molecule has 0 aliphatic rings. The molecule has 0 saturated carbocycles. The molecule has 8 nitrogen and oxygen atoms in total. The number of hydrogen-bond acceptors (Lipinski definition) is 7. The Kier molecular flexibility index (Phi) is 11.8. The molecular formula is C26H36O8. The molecular weight excluding hydrogens is 440 g/mol. The van der Waals surface area contributed by atoms with Gasteiger partial charge in [0.1, 0.15) is 34.1 Å². The second-order valence-electron chi connectivity index (χ2n) is 8.11. The molecule has 0 aromatic heterocycles. The monoisotopic (exact) mass is 476 g/mol. The molecule has 188 valence electrons. The van der Waals surface area contributed by atoms with Gasteiger partial charge in [-0.15, -0.1) is 0 Å². The third-order valence-electron chi connectivity index (χ3n) is 5.49. The van der Waals surface area contributed by atoms with E-state index in [0.717, 1.165) is 44.6 Å². The maximum absolute atomic E-state index is 11.5. The van der Waals surface area contributed by atoms with Crippen LogP contribution >= 0.6 is 0 Å². The van der Waals surface area contributed by atoms with Gasteiger partial charge in [0, 0.05) is 11.6 Å². The van der Waals surface area contributed by atoms with Crippen LogP contribution in [0.5, 0.6) is 23.0 Å². The molecule has 0 bridgehead atoms. The van der Waals surface area contributed by atoms with Crippen LogP contribution in [-0.4, -0.2) is 44.6 Å². The van der Waals surface area contributed by atoms with E-state index in [4.69, 9.17) is 5.11 Å². The summed E-state index contributed by atoms with van der Waals surface area (Å²) in [5.41, 5.74) is 1.40. The van der Waals surface area contributed by atoms with Gasteiger partial charge in [0.05, 0.1) is 7.11 Å². The molecule has 8 heteroatoms. The summed E-state index contributed by atoms with van der Waals surface area (Å²) in [7, 11) is 1.27. The van der Waals surface area contributed by atoms with Gasteiger partial charge < -0.3 is 30.3 Å². The maximum Gasteiger partial charge on any atom is 0.341 e. The van der Waals surface area contributed by atoms with E-state index in [1.165, 1.54) is 26.2 Å². The first-order valence-electron chi connectivity index (χ1n) is 11.5. The molecule has 0 aliphatic carbocycles. The number of aryl methyl sites for hydroxylation is 2. The smallest absolute Gasteiger partial charge is 0.341 e. The molecule has 0 heterocycles. The van der Waals surface area contributed by atoms with Crippen molar-refractivity contribution in [3.05, 3.63) is 46.0 Å². The molecule has 0 amide bonds.